The molecule has 0 radical (unpaired) electrons. The van der Waals surface area contributed by atoms with Gasteiger partial charge >= 0.3 is 0 Å². The fourth-order valence-corrected chi connectivity index (χ4v) is 1.91. The van der Waals surface area contributed by atoms with Crippen LogP contribution in [0.25, 0.3) is 0 Å². The molecule has 0 saturated heterocycles. The van der Waals surface area contributed by atoms with Gasteiger partial charge in [-0.3, -0.25) is 0 Å². The number of aryl methyl sites for hydroxylation is 1. The van der Waals surface area contributed by atoms with Crippen molar-refractivity contribution in [3.63, 3.8) is 0 Å². The standard InChI is InChI=1S/C11H16BrNO/c1-2-8-3-4-9(12)7-10(8)11(13)5-6-14/h3-4,7,11,14H,2,5-6,13H2,1H3. The third-order valence-corrected chi connectivity index (χ3v) is 2.82. The Morgan fingerprint density at radius 2 is 2.21 bits per heavy atom. The largest absolute Gasteiger partial charge is 0.396 e. The lowest BCUT2D eigenvalue weighted by atomic mass is 9.97. The molecule has 0 aromatic heterocycles. The first-order valence-electron chi connectivity index (χ1n) is 4.83. The van der Waals surface area contributed by atoms with E-state index in [2.05, 4.69) is 28.9 Å². The second-order valence-corrected chi connectivity index (χ2v) is 4.23. The van der Waals surface area contributed by atoms with Crippen molar-refractivity contribution in [2.24, 2.45) is 5.73 Å². The third kappa shape index (κ3) is 2.80. The van der Waals surface area contributed by atoms with Crippen molar-refractivity contribution in [2.45, 2.75) is 25.8 Å². The van der Waals surface area contributed by atoms with Crippen LogP contribution in [0.2, 0.25) is 0 Å². The van der Waals surface area contributed by atoms with Crippen LogP contribution in [0.5, 0.6) is 0 Å². The number of hydrogen-bond donors (Lipinski definition) is 2. The molecular weight excluding hydrogens is 242 g/mol. The summed E-state index contributed by atoms with van der Waals surface area (Å²) in [4.78, 5) is 0. The molecule has 1 unspecified atom stereocenters. The first-order valence-corrected chi connectivity index (χ1v) is 5.63. The first-order chi connectivity index (χ1) is 6.69. The quantitative estimate of drug-likeness (QED) is 0.871. The minimum atomic E-state index is -0.0625. The highest BCUT2D eigenvalue weighted by Gasteiger charge is 2.09. The molecule has 1 aromatic carbocycles. The van der Waals surface area contributed by atoms with E-state index in [1.807, 2.05) is 12.1 Å². The van der Waals surface area contributed by atoms with Gasteiger partial charge in [-0.05, 0) is 36.1 Å². The number of hydrogen-bond acceptors (Lipinski definition) is 2. The van der Waals surface area contributed by atoms with E-state index in [4.69, 9.17) is 10.8 Å². The van der Waals surface area contributed by atoms with E-state index in [1.54, 1.807) is 0 Å². The van der Waals surface area contributed by atoms with Gasteiger partial charge in [-0.15, -0.1) is 0 Å². The van der Waals surface area contributed by atoms with Gasteiger partial charge in [-0.1, -0.05) is 28.9 Å². The lowest BCUT2D eigenvalue weighted by Crippen LogP contribution is -2.14. The van der Waals surface area contributed by atoms with Crippen LogP contribution in [0.3, 0.4) is 0 Å². The fourth-order valence-electron chi connectivity index (χ4n) is 1.53. The molecule has 2 nitrogen and oxygen atoms in total. The van der Waals surface area contributed by atoms with Gasteiger partial charge < -0.3 is 10.8 Å². The summed E-state index contributed by atoms with van der Waals surface area (Å²) in [6.45, 7) is 2.25. The van der Waals surface area contributed by atoms with E-state index in [1.165, 1.54) is 5.56 Å². The molecule has 1 atom stereocenters. The summed E-state index contributed by atoms with van der Waals surface area (Å²) in [5.41, 5.74) is 8.36. The van der Waals surface area contributed by atoms with Gasteiger partial charge in [0.2, 0.25) is 0 Å². The van der Waals surface area contributed by atoms with Gasteiger partial charge in [0, 0.05) is 17.1 Å². The molecule has 0 amide bonds. The molecule has 78 valence electrons. The highest BCUT2D eigenvalue weighted by Crippen LogP contribution is 2.23. The summed E-state index contributed by atoms with van der Waals surface area (Å²) >= 11 is 3.43. The topological polar surface area (TPSA) is 46.2 Å². The Balaban J connectivity index is 2.97. The molecule has 0 bridgehead atoms. The first kappa shape index (κ1) is 11.7. The van der Waals surface area contributed by atoms with Crippen LogP contribution < -0.4 is 5.73 Å². The minimum Gasteiger partial charge on any atom is -0.396 e. The Kier molecular flexibility index (Phi) is 4.58. The number of aliphatic hydroxyl groups excluding tert-OH is 1. The third-order valence-electron chi connectivity index (χ3n) is 2.33. The average molecular weight is 258 g/mol. The zero-order valence-electron chi connectivity index (χ0n) is 8.33. The molecule has 3 N–H and O–H groups in total. The molecule has 14 heavy (non-hydrogen) atoms. The fraction of sp³-hybridized carbons (Fsp3) is 0.455. The van der Waals surface area contributed by atoms with Gasteiger partial charge in [0.05, 0.1) is 0 Å². The summed E-state index contributed by atoms with van der Waals surface area (Å²) in [5.74, 6) is 0. The number of benzene rings is 1. The van der Waals surface area contributed by atoms with Gasteiger partial charge in [0.15, 0.2) is 0 Å². The Bertz CT molecular complexity index is 301. The molecule has 1 aromatic rings. The molecule has 0 spiro atoms. The van der Waals surface area contributed by atoms with Crippen molar-refractivity contribution in [1.82, 2.24) is 0 Å². The molecular formula is C11H16BrNO. The van der Waals surface area contributed by atoms with Crippen LogP contribution in [-0.4, -0.2) is 11.7 Å². The Labute approximate surface area is 93.3 Å². The Morgan fingerprint density at radius 3 is 2.79 bits per heavy atom. The van der Waals surface area contributed by atoms with Gasteiger partial charge in [0.1, 0.15) is 0 Å². The average Bonchev–Trinajstić information content (AvgIpc) is 2.18. The normalized spacial score (nSPS) is 12.9. The van der Waals surface area contributed by atoms with Crippen LogP contribution in [0.4, 0.5) is 0 Å². The summed E-state index contributed by atoms with van der Waals surface area (Å²) in [7, 11) is 0. The van der Waals surface area contributed by atoms with E-state index < -0.39 is 0 Å². The van der Waals surface area contributed by atoms with Crippen molar-refractivity contribution in [3.8, 4) is 0 Å². The van der Waals surface area contributed by atoms with Crippen LogP contribution in [0.15, 0.2) is 22.7 Å². The highest BCUT2D eigenvalue weighted by molar-refractivity contribution is 9.10. The van der Waals surface area contributed by atoms with E-state index in [0.717, 1.165) is 16.5 Å². The van der Waals surface area contributed by atoms with Crippen molar-refractivity contribution in [1.29, 1.82) is 0 Å². The van der Waals surface area contributed by atoms with Crippen LogP contribution >= 0.6 is 15.9 Å². The van der Waals surface area contributed by atoms with E-state index >= 15 is 0 Å². The molecule has 0 aliphatic rings. The monoisotopic (exact) mass is 257 g/mol. The SMILES string of the molecule is CCc1ccc(Br)cc1C(N)CCO. The van der Waals surface area contributed by atoms with Crippen molar-refractivity contribution < 1.29 is 5.11 Å². The molecule has 0 aliphatic carbocycles. The highest BCUT2D eigenvalue weighted by atomic mass is 79.9. The molecule has 0 fully saturated rings. The maximum Gasteiger partial charge on any atom is 0.0449 e. The summed E-state index contributed by atoms with van der Waals surface area (Å²) in [6.07, 6.45) is 1.59. The van der Waals surface area contributed by atoms with E-state index in [-0.39, 0.29) is 12.6 Å². The second kappa shape index (κ2) is 5.49. The lowest BCUT2D eigenvalue weighted by Gasteiger charge is -2.15. The molecule has 0 heterocycles. The summed E-state index contributed by atoms with van der Waals surface area (Å²) < 4.78 is 1.04. The van der Waals surface area contributed by atoms with E-state index in [0.29, 0.717) is 6.42 Å². The number of nitrogens with two attached hydrogens (primary N) is 1. The molecule has 0 saturated carbocycles. The summed E-state index contributed by atoms with van der Waals surface area (Å²) in [6, 6.07) is 6.08. The molecule has 0 aliphatic heterocycles. The van der Waals surface area contributed by atoms with E-state index in [9.17, 15) is 0 Å². The number of halogens is 1. The summed E-state index contributed by atoms with van der Waals surface area (Å²) in [5, 5.41) is 8.84. The smallest absolute Gasteiger partial charge is 0.0449 e. The van der Waals surface area contributed by atoms with Crippen molar-refractivity contribution in [2.75, 3.05) is 6.61 Å². The molecule has 3 heteroatoms. The number of rotatable bonds is 4. The number of aliphatic hydroxyl groups is 1. The van der Waals surface area contributed by atoms with Gasteiger partial charge in [-0.25, -0.2) is 0 Å². The van der Waals surface area contributed by atoms with Crippen LogP contribution in [0, 0.1) is 0 Å². The van der Waals surface area contributed by atoms with Crippen LogP contribution in [0.1, 0.15) is 30.5 Å². The Morgan fingerprint density at radius 1 is 1.50 bits per heavy atom. The zero-order chi connectivity index (χ0) is 10.6. The second-order valence-electron chi connectivity index (χ2n) is 3.32. The zero-order valence-corrected chi connectivity index (χ0v) is 9.92. The van der Waals surface area contributed by atoms with Crippen LogP contribution in [-0.2, 0) is 6.42 Å². The van der Waals surface area contributed by atoms with Crippen molar-refractivity contribution in [3.05, 3.63) is 33.8 Å². The van der Waals surface area contributed by atoms with Gasteiger partial charge in [0.25, 0.3) is 0 Å². The maximum atomic E-state index is 8.84. The predicted octanol–water partition coefficient (Wildman–Crippen LogP) is 2.39. The van der Waals surface area contributed by atoms with Crippen molar-refractivity contribution >= 4 is 15.9 Å². The van der Waals surface area contributed by atoms with Gasteiger partial charge in [-0.2, -0.15) is 0 Å². The Hall–Kier alpha value is -0.380. The lowest BCUT2D eigenvalue weighted by molar-refractivity contribution is 0.276. The predicted molar refractivity (Wildman–Crippen MR) is 62.2 cm³/mol. The molecule has 1 rings (SSSR count). The minimum absolute atomic E-state index is 0.0625. The maximum absolute atomic E-state index is 8.84.